The molecule has 6 nitrogen and oxygen atoms in total. The van der Waals surface area contributed by atoms with E-state index in [-0.39, 0.29) is 23.7 Å². The molecule has 30 heavy (non-hydrogen) atoms. The minimum absolute atomic E-state index is 0. The summed E-state index contributed by atoms with van der Waals surface area (Å²) in [6.07, 6.45) is 0. The number of hydrogen-bond donors (Lipinski definition) is 1. The van der Waals surface area contributed by atoms with E-state index in [0.29, 0.717) is 26.3 Å². The predicted octanol–water partition coefficient (Wildman–Crippen LogP) is 5.31. The van der Waals surface area contributed by atoms with Crippen molar-refractivity contribution in [3.8, 4) is 0 Å². The van der Waals surface area contributed by atoms with Crippen LogP contribution in [-0.4, -0.2) is 27.0 Å². The number of aromatic nitrogens is 2. The van der Waals surface area contributed by atoms with E-state index < -0.39 is 17.7 Å². The second-order valence-corrected chi connectivity index (χ2v) is 8.84. The van der Waals surface area contributed by atoms with Crippen LogP contribution in [0.1, 0.15) is 22.2 Å². The van der Waals surface area contributed by atoms with Crippen molar-refractivity contribution in [3.63, 3.8) is 0 Å². The van der Waals surface area contributed by atoms with E-state index in [2.05, 4.69) is 26.1 Å². The highest BCUT2D eigenvalue weighted by Gasteiger charge is 2.48. The summed E-state index contributed by atoms with van der Waals surface area (Å²) in [5.74, 6) is -1.81. The van der Waals surface area contributed by atoms with E-state index in [9.17, 15) is 14.7 Å². The average Bonchev–Trinajstić information content (AvgIpc) is 3.24. The lowest BCUT2D eigenvalue weighted by molar-refractivity contribution is -0.132. The fraction of sp³-hybridized carbons (Fsp3) is 0.100. The number of carbonyl (C=O) groups is 2. The number of nitrogens with zero attached hydrogens (tertiary/aromatic N) is 3. The number of Topliss-reactive ketones (excluding diaryl/α,β-unsaturated/α-hetero) is 1. The Balaban J connectivity index is 0.00000256. The molecular formula is C20H14BrCl2N3O3S. The van der Waals surface area contributed by atoms with E-state index in [1.807, 2.05) is 12.1 Å². The van der Waals surface area contributed by atoms with Gasteiger partial charge in [-0.25, -0.2) is 0 Å². The van der Waals surface area contributed by atoms with Crippen LogP contribution in [0, 0.1) is 6.92 Å². The Morgan fingerprint density at radius 1 is 1.10 bits per heavy atom. The number of amides is 1. The Kier molecular flexibility index (Phi) is 6.62. The molecular weight excluding hydrogens is 513 g/mol. The van der Waals surface area contributed by atoms with E-state index in [1.54, 1.807) is 43.3 Å². The lowest BCUT2D eigenvalue weighted by Crippen LogP contribution is -2.29. The number of aliphatic hydroxyl groups is 1. The molecule has 2 heterocycles. The zero-order valence-electron chi connectivity index (χ0n) is 15.4. The molecule has 2 aromatic carbocycles. The van der Waals surface area contributed by atoms with Crippen LogP contribution in [0.4, 0.5) is 5.13 Å². The molecule has 10 heteroatoms. The maximum Gasteiger partial charge on any atom is 0.301 e. The molecule has 1 fully saturated rings. The molecule has 1 aliphatic heterocycles. The molecule has 0 bridgehead atoms. The summed E-state index contributed by atoms with van der Waals surface area (Å²) in [6.45, 7) is 1.76. The molecule has 0 aliphatic carbocycles. The van der Waals surface area contributed by atoms with E-state index in [4.69, 9.17) is 11.6 Å². The van der Waals surface area contributed by atoms with Crippen molar-refractivity contribution in [1.29, 1.82) is 0 Å². The van der Waals surface area contributed by atoms with Gasteiger partial charge >= 0.3 is 5.91 Å². The van der Waals surface area contributed by atoms with Crippen molar-refractivity contribution in [2.45, 2.75) is 13.0 Å². The summed E-state index contributed by atoms with van der Waals surface area (Å²) >= 11 is 10.5. The van der Waals surface area contributed by atoms with Gasteiger partial charge < -0.3 is 5.11 Å². The number of halogens is 3. The Morgan fingerprint density at radius 2 is 1.73 bits per heavy atom. The number of benzene rings is 2. The van der Waals surface area contributed by atoms with Gasteiger partial charge in [-0.15, -0.1) is 22.6 Å². The van der Waals surface area contributed by atoms with Crippen molar-refractivity contribution in [3.05, 3.63) is 79.7 Å². The maximum absolute atomic E-state index is 12.9. The van der Waals surface area contributed by atoms with Gasteiger partial charge in [0.05, 0.1) is 11.6 Å². The Bertz CT molecular complexity index is 1150. The van der Waals surface area contributed by atoms with Gasteiger partial charge in [-0.2, -0.15) is 0 Å². The molecule has 1 aromatic heterocycles. The highest BCUT2D eigenvalue weighted by atomic mass is 79.9. The lowest BCUT2D eigenvalue weighted by Gasteiger charge is -2.22. The Hall–Kier alpha value is -2.26. The van der Waals surface area contributed by atoms with Crippen LogP contribution in [-0.2, 0) is 9.59 Å². The zero-order valence-corrected chi connectivity index (χ0v) is 19.3. The standard InChI is InChI=1S/C20H13BrClN3O3S.ClH/c1-10-23-24-20(29-10)25-16(11-2-6-13(21)7-3-11)15(18(27)19(25)28)17(26)12-4-8-14(22)9-5-12;/h2-9,16,26H,1H3;1H. The number of ketones is 1. The van der Waals surface area contributed by atoms with Gasteiger partial charge in [0.25, 0.3) is 5.78 Å². The van der Waals surface area contributed by atoms with Crippen LogP contribution in [0.15, 0.2) is 58.6 Å². The first-order chi connectivity index (χ1) is 13.9. The van der Waals surface area contributed by atoms with Crippen LogP contribution in [0.2, 0.25) is 5.02 Å². The third kappa shape index (κ3) is 4.00. The molecule has 4 rings (SSSR count). The number of rotatable bonds is 3. The number of anilines is 1. The van der Waals surface area contributed by atoms with E-state index in [1.165, 1.54) is 16.2 Å². The summed E-state index contributed by atoms with van der Waals surface area (Å²) in [5.41, 5.74) is 1.05. The molecule has 0 spiro atoms. The average molecular weight is 527 g/mol. The normalized spacial score (nSPS) is 17.8. The number of aliphatic hydroxyl groups excluding tert-OH is 1. The van der Waals surface area contributed by atoms with Crippen LogP contribution in [0.3, 0.4) is 0 Å². The molecule has 1 unspecified atom stereocenters. The van der Waals surface area contributed by atoms with Crippen molar-refractivity contribution in [2.75, 3.05) is 4.90 Å². The smallest absolute Gasteiger partial charge is 0.301 e. The molecule has 1 N–H and O–H groups in total. The highest BCUT2D eigenvalue weighted by Crippen LogP contribution is 2.43. The molecule has 0 radical (unpaired) electrons. The molecule has 1 atom stereocenters. The topological polar surface area (TPSA) is 83.4 Å². The van der Waals surface area contributed by atoms with Gasteiger partial charge in [-0.3, -0.25) is 14.5 Å². The van der Waals surface area contributed by atoms with Crippen LogP contribution < -0.4 is 4.90 Å². The maximum atomic E-state index is 12.9. The summed E-state index contributed by atoms with van der Waals surface area (Å²) in [5, 5.41) is 20.4. The van der Waals surface area contributed by atoms with Gasteiger partial charge in [-0.05, 0) is 48.9 Å². The van der Waals surface area contributed by atoms with Crippen LogP contribution in [0.25, 0.3) is 5.76 Å². The number of aryl methyl sites for hydroxylation is 1. The second kappa shape index (κ2) is 8.85. The van der Waals surface area contributed by atoms with Crippen LogP contribution in [0.5, 0.6) is 0 Å². The second-order valence-electron chi connectivity index (χ2n) is 6.33. The monoisotopic (exact) mass is 525 g/mol. The Morgan fingerprint density at radius 3 is 2.30 bits per heavy atom. The fourth-order valence-corrected chi connectivity index (χ4v) is 4.24. The highest BCUT2D eigenvalue weighted by molar-refractivity contribution is 9.10. The van der Waals surface area contributed by atoms with E-state index in [0.717, 1.165) is 4.47 Å². The van der Waals surface area contributed by atoms with Crippen molar-refractivity contribution in [1.82, 2.24) is 10.2 Å². The third-order valence-corrected chi connectivity index (χ3v) is 6.09. The SMILES string of the molecule is Cc1nnc(N2C(=O)C(=O)C(=C(O)c3ccc(Cl)cc3)C2c2ccc(Br)cc2)s1.Cl. The molecule has 1 amide bonds. The van der Waals surface area contributed by atoms with Crippen molar-refractivity contribution >= 4 is 73.9 Å². The van der Waals surface area contributed by atoms with Gasteiger partial charge in [0.2, 0.25) is 5.13 Å². The molecule has 1 saturated heterocycles. The van der Waals surface area contributed by atoms with Crippen LogP contribution >= 0.6 is 51.3 Å². The third-order valence-electron chi connectivity index (χ3n) is 4.47. The first-order valence-electron chi connectivity index (χ1n) is 8.49. The molecule has 0 saturated carbocycles. The van der Waals surface area contributed by atoms with Gasteiger partial charge in [0.1, 0.15) is 10.8 Å². The zero-order chi connectivity index (χ0) is 20.7. The largest absolute Gasteiger partial charge is 0.507 e. The van der Waals surface area contributed by atoms with E-state index >= 15 is 0 Å². The summed E-state index contributed by atoms with van der Waals surface area (Å²) < 4.78 is 0.850. The quantitative estimate of drug-likeness (QED) is 0.284. The van der Waals surface area contributed by atoms with Gasteiger partial charge in [0.15, 0.2) is 0 Å². The minimum atomic E-state index is -0.828. The summed E-state index contributed by atoms with van der Waals surface area (Å²) in [6, 6.07) is 12.8. The van der Waals surface area contributed by atoms with Crippen molar-refractivity contribution in [2.24, 2.45) is 0 Å². The molecule has 3 aromatic rings. The fourth-order valence-electron chi connectivity index (χ4n) is 3.14. The first-order valence-corrected chi connectivity index (χ1v) is 10.5. The summed E-state index contributed by atoms with van der Waals surface area (Å²) in [7, 11) is 0. The van der Waals surface area contributed by atoms with Crippen molar-refractivity contribution < 1.29 is 14.7 Å². The minimum Gasteiger partial charge on any atom is -0.507 e. The van der Waals surface area contributed by atoms with Gasteiger partial charge in [0, 0.05) is 15.1 Å². The molecule has 1 aliphatic rings. The number of hydrogen-bond acceptors (Lipinski definition) is 6. The predicted molar refractivity (Wildman–Crippen MR) is 122 cm³/mol. The molecule has 154 valence electrons. The summed E-state index contributed by atoms with van der Waals surface area (Å²) in [4.78, 5) is 27.1. The van der Waals surface area contributed by atoms with Gasteiger partial charge in [-0.1, -0.05) is 51.0 Å². The first kappa shape index (κ1) is 22.4. The Labute approximate surface area is 195 Å². The lowest BCUT2D eigenvalue weighted by atomic mass is 9.95. The number of carbonyl (C=O) groups excluding carboxylic acids is 2.